The van der Waals surface area contributed by atoms with Gasteiger partial charge in [-0.2, -0.15) is 0 Å². The van der Waals surface area contributed by atoms with Crippen molar-refractivity contribution in [3.05, 3.63) is 13.2 Å². The maximum atomic E-state index is 10.1. The summed E-state index contributed by atoms with van der Waals surface area (Å²) in [7, 11) is 0. The van der Waals surface area contributed by atoms with Gasteiger partial charge >= 0.3 is 5.97 Å². The summed E-state index contributed by atoms with van der Waals surface area (Å²) in [6, 6.07) is 0. The summed E-state index contributed by atoms with van der Waals surface area (Å²) in [4.78, 5) is 10.1. The Morgan fingerprint density at radius 3 is 2.50 bits per heavy atom. The van der Waals surface area contributed by atoms with Crippen LogP contribution < -0.4 is 5.32 Å². The molecular weight excluding hydrogens is 150 g/mol. The van der Waals surface area contributed by atoms with E-state index in [1.807, 2.05) is 0 Å². The van der Waals surface area contributed by atoms with E-state index in [4.69, 9.17) is 5.11 Å². The molecule has 0 spiro atoms. The number of hydrogen-bond donors (Lipinski definition) is 2. The number of carboxylic acids is 1. The Hall–Kier alpha value is -0.480. The summed E-state index contributed by atoms with van der Waals surface area (Å²) in [5.41, 5.74) is 0. The molecule has 3 nitrogen and oxygen atoms in total. The Morgan fingerprint density at radius 1 is 1.70 bits per heavy atom. The van der Waals surface area contributed by atoms with Crippen LogP contribution in [0.1, 0.15) is 0 Å². The first kappa shape index (κ1) is 9.52. The van der Waals surface area contributed by atoms with Crippen LogP contribution in [0.4, 0.5) is 0 Å². The van der Waals surface area contributed by atoms with Crippen molar-refractivity contribution in [3.8, 4) is 0 Å². The highest BCUT2D eigenvalue weighted by Crippen LogP contribution is 2.12. The van der Waals surface area contributed by atoms with Crippen molar-refractivity contribution < 1.29 is 9.90 Å². The van der Waals surface area contributed by atoms with E-state index in [2.05, 4.69) is 18.5 Å². The second-order valence-electron chi connectivity index (χ2n) is 1.54. The molecule has 0 saturated carbocycles. The monoisotopic (exact) mass is 161 g/mol. The van der Waals surface area contributed by atoms with E-state index in [1.54, 1.807) is 0 Å². The average Bonchev–Trinajstić information content (AvgIpc) is 2.42. The smallest absolute Gasteiger partial charge is 0.331 e. The molecule has 1 fully saturated rings. The molecule has 4 heteroatoms. The van der Waals surface area contributed by atoms with Crippen molar-refractivity contribution in [2.45, 2.75) is 5.37 Å². The van der Waals surface area contributed by atoms with E-state index in [0.717, 1.165) is 12.3 Å². The lowest BCUT2D eigenvalue weighted by Crippen LogP contribution is -2.27. The van der Waals surface area contributed by atoms with Crippen molar-refractivity contribution in [2.24, 2.45) is 0 Å². The molecule has 0 unspecified atom stereocenters. The zero-order chi connectivity index (χ0) is 7.98. The number of nitrogens with one attached hydrogen (secondary N) is 1. The Labute approximate surface area is 64.5 Å². The van der Waals surface area contributed by atoms with Gasteiger partial charge in [0.2, 0.25) is 0 Å². The van der Waals surface area contributed by atoms with Crippen LogP contribution in [-0.4, -0.2) is 28.7 Å². The number of carboxylic acid groups (broad SMARTS) is 1. The zero-order valence-corrected chi connectivity index (χ0v) is 6.49. The third-order valence-electron chi connectivity index (χ3n) is 0.941. The van der Waals surface area contributed by atoms with Crippen LogP contribution in [-0.2, 0) is 4.79 Å². The molecule has 1 aliphatic rings. The van der Waals surface area contributed by atoms with Gasteiger partial charge in [0, 0.05) is 12.3 Å². The van der Waals surface area contributed by atoms with Gasteiger partial charge in [-0.05, 0) is 0 Å². The summed E-state index contributed by atoms with van der Waals surface area (Å²) in [5.74, 6) is 0.157. The van der Waals surface area contributed by atoms with E-state index in [9.17, 15) is 4.79 Å². The van der Waals surface area contributed by atoms with Crippen LogP contribution in [0.5, 0.6) is 0 Å². The van der Waals surface area contributed by atoms with Gasteiger partial charge in [0.15, 0.2) is 5.37 Å². The van der Waals surface area contributed by atoms with E-state index in [-0.39, 0.29) is 5.37 Å². The first-order valence-corrected chi connectivity index (χ1v) is 3.93. The average molecular weight is 161 g/mol. The molecule has 10 heavy (non-hydrogen) atoms. The molecule has 0 amide bonds. The number of hydrogen-bond acceptors (Lipinski definition) is 3. The second kappa shape index (κ2) is 5.32. The summed E-state index contributed by atoms with van der Waals surface area (Å²) in [5, 5.41) is 10.8. The lowest BCUT2D eigenvalue weighted by atomic mass is 10.6. The fourth-order valence-electron chi connectivity index (χ4n) is 0.584. The highest BCUT2D eigenvalue weighted by atomic mass is 32.2. The van der Waals surface area contributed by atoms with Crippen molar-refractivity contribution in [1.82, 2.24) is 5.32 Å². The number of rotatable bonds is 1. The minimum Gasteiger partial charge on any atom is -0.479 e. The summed E-state index contributed by atoms with van der Waals surface area (Å²) >= 11 is 1.44. The molecular formula is C6H11NO2S. The van der Waals surface area contributed by atoms with Gasteiger partial charge in [-0.15, -0.1) is 24.9 Å². The van der Waals surface area contributed by atoms with E-state index in [0.29, 0.717) is 0 Å². The molecule has 0 radical (unpaired) electrons. The first-order valence-electron chi connectivity index (χ1n) is 2.88. The number of thioether (sulfide) groups is 1. The Kier molecular flexibility index (Phi) is 5.06. The van der Waals surface area contributed by atoms with Gasteiger partial charge in [0.1, 0.15) is 0 Å². The van der Waals surface area contributed by atoms with Crippen molar-refractivity contribution in [2.75, 3.05) is 12.3 Å². The van der Waals surface area contributed by atoms with Gasteiger partial charge < -0.3 is 5.11 Å². The van der Waals surface area contributed by atoms with Gasteiger partial charge in [0.05, 0.1) is 0 Å². The van der Waals surface area contributed by atoms with E-state index < -0.39 is 5.97 Å². The van der Waals surface area contributed by atoms with Crippen LogP contribution in [0.25, 0.3) is 0 Å². The Bertz CT molecular complexity index is 112. The number of carbonyl (C=O) groups is 1. The predicted octanol–water partition coefficient (Wildman–Crippen LogP) is 0.536. The topological polar surface area (TPSA) is 49.3 Å². The van der Waals surface area contributed by atoms with E-state index in [1.165, 1.54) is 11.8 Å². The highest BCUT2D eigenvalue weighted by molar-refractivity contribution is 8.00. The molecule has 0 aromatic heterocycles. The van der Waals surface area contributed by atoms with Gasteiger partial charge in [-0.3, -0.25) is 5.32 Å². The Morgan fingerprint density at radius 2 is 2.30 bits per heavy atom. The van der Waals surface area contributed by atoms with Crippen LogP contribution in [0.2, 0.25) is 0 Å². The second-order valence-corrected chi connectivity index (χ2v) is 2.76. The third kappa shape index (κ3) is 2.89. The molecule has 2 N–H and O–H groups in total. The quantitative estimate of drug-likeness (QED) is 0.551. The third-order valence-corrected chi connectivity index (χ3v) is 2.08. The molecule has 0 bridgehead atoms. The van der Waals surface area contributed by atoms with Gasteiger partial charge in [-0.25, -0.2) is 4.79 Å². The highest BCUT2D eigenvalue weighted by Gasteiger charge is 2.20. The van der Waals surface area contributed by atoms with Crippen LogP contribution >= 0.6 is 11.8 Å². The minimum atomic E-state index is -0.757. The van der Waals surface area contributed by atoms with E-state index >= 15 is 0 Å². The lowest BCUT2D eigenvalue weighted by molar-refractivity contribution is -0.136. The Balaban J connectivity index is 0.000000371. The fourth-order valence-corrected chi connectivity index (χ4v) is 1.43. The molecule has 1 rings (SSSR count). The maximum Gasteiger partial charge on any atom is 0.331 e. The summed E-state index contributed by atoms with van der Waals surface area (Å²) < 4.78 is 0. The molecule has 1 saturated heterocycles. The number of aliphatic carboxylic acids is 1. The fraction of sp³-hybridized carbons (Fsp3) is 0.500. The molecule has 58 valence electrons. The maximum absolute atomic E-state index is 10.1. The van der Waals surface area contributed by atoms with Crippen LogP contribution in [0.15, 0.2) is 13.2 Å². The SMILES string of the molecule is C=C.O=C(O)[C@H]1NCCS1. The standard InChI is InChI=1S/C4H7NO2S.C2H4/c6-4(7)3-5-1-2-8-3;1-2/h3,5H,1-2H2,(H,6,7);1-2H2/t3-;/m0./s1. The normalized spacial score (nSPS) is 23.0. The molecule has 1 atom stereocenters. The molecule has 0 aromatic rings. The summed E-state index contributed by atoms with van der Waals surface area (Å²) in [6.45, 7) is 6.82. The molecule has 1 heterocycles. The van der Waals surface area contributed by atoms with Crippen LogP contribution in [0.3, 0.4) is 0 Å². The van der Waals surface area contributed by atoms with Gasteiger partial charge in [0.25, 0.3) is 0 Å². The summed E-state index contributed by atoms with van der Waals surface area (Å²) in [6.07, 6.45) is 0. The van der Waals surface area contributed by atoms with Crippen molar-refractivity contribution in [1.29, 1.82) is 0 Å². The zero-order valence-electron chi connectivity index (χ0n) is 5.67. The van der Waals surface area contributed by atoms with Crippen molar-refractivity contribution >= 4 is 17.7 Å². The minimum absolute atomic E-state index is 0.352. The molecule has 0 aliphatic carbocycles. The molecule has 1 aliphatic heterocycles. The lowest BCUT2D eigenvalue weighted by Gasteiger charge is -1.98. The molecule has 0 aromatic carbocycles. The first-order chi connectivity index (χ1) is 4.80. The van der Waals surface area contributed by atoms with Crippen molar-refractivity contribution in [3.63, 3.8) is 0 Å². The van der Waals surface area contributed by atoms with Gasteiger partial charge in [-0.1, -0.05) is 0 Å². The predicted molar refractivity (Wildman–Crippen MR) is 43.1 cm³/mol. The largest absolute Gasteiger partial charge is 0.479 e. The van der Waals surface area contributed by atoms with Crippen LogP contribution in [0, 0.1) is 0 Å².